The summed E-state index contributed by atoms with van der Waals surface area (Å²) in [5.41, 5.74) is 2.35. The van der Waals surface area contributed by atoms with Crippen molar-refractivity contribution in [3.63, 3.8) is 0 Å². The summed E-state index contributed by atoms with van der Waals surface area (Å²) >= 11 is 0. The molecule has 0 aliphatic carbocycles. The molecule has 8 nitrogen and oxygen atoms in total. The number of aromatic hydroxyl groups is 1. The fourth-order valence-electron chi connectivity index (χ4n) is 3.54. The van der Waals surface area contributed by atoms with E-state index in [-0.39, 0.29) is 35.5 Å². The maximum absolute atomic E-state index is 12.5. The van der Waals surface area contributed by atoms with Crippen LogP contribution in [-0.4, -0.2) is 41.9 Å². The molecule has 0 saturated carbocycles. The smallest absolute Gasteiger partial charge is 0.226 e. The van der Waals surface area contributed by atoms with Crippen LogP contribution in [0.15, 0.2) is 42.7 Å². The number of ether oxygens (including phenoxy) is 3. The van der Waals surface area contributed by atoms with Crippen LogP contribution < -0.4 is 19.5 Å². The monoisotopic (exact) mass is 395 g/mol. The van der Waals surface area contributed by atoms with E-state index in [0.717, 1.165) is 22.7 Å². The Morgan fingerprint density at radius 1 is 1.07 bits per heavy atom. The summed E-state index contributed by atoms with van der Waals surface area (Å²) in [6.45, 7) is 0. The Morgan fingerprint density at radius 2 is 1.72 bits per heavy atom. The third kappa shape index (κ3) is 3.22. The number of nitrogens with one attached hydrogen (secondary N) is 1. The molecule has 150 valence electrons. The van der Waals surface area contributed by atoms with Crippen LogP contribution in [0.1, 0.15) is 23.6 Å². The first kappa shape index (κ1) is 18.7. The van der Waals surface area contributed by atoms with Gasteiger partial charge in [-0.3, -0.25) is 9.36 Å². The number of rotatable bonds is 5. The van der Waals surface area contributed by atoms with Gasteiger partial charge in [-0.1, -0.05) is 0 Å². The highest BCUT2D eigenvalue weighted by Crippen LogP contribution is 2.44. The number of fused-ring (bicyclic) bond motifs is 1. The van der Waals surface area contributed by atoms with Crippen LogP contribution in [0.4, 0.5) is 5.82 Å². The largest absolute Gasteiger partial charge is 0.502 e. The Hall–Kier alpha value is -3.68. The molecule has 0 radical (unpaired) electrons. The van der Waals surface area contributed by atoms with Gasteiger partial charge in [-0.15, -0.1) is 0 Å². The number of hydrogen-bond acceptors (Lipinski definition) is 6. The minimum absolute atomic E-state index is 0.0806. The molecule has 1 atom stereocenters. The van der Waals surface area contributed by atoms with Crippen LogP contribution in [0.2, 0.25) is 0 Å². The molecule has 1 aromatic heterocycles. The van der Waals surface area contributed by atoms with E-state index in [2.05, 4.69) is 10.3 Å². The average Bonchev–Trinajstić information content (AvgIpc) is 3.17. The van der Waals surface area contributed by atoms with Gasteiger partial charge in [-0.2, -0.15) is 0 Å². The van der Waals surface area contributed by atoms with Gasteiger partial charge in [-0.05, 0) is 42.0 Å². The zero-order chi connectivity index (χ0) is 20.5. The van der Waals surface area contributed by atoms with Gasteiger partial charge in [0.05, 0.1) is 27.0 Å². The molecule has 1 amide bonds. The van der Waals surface area contributed by atoms with Crippen LogP contribution in [0, 0.1) is 0 Å². The van der Waals surface area contributed by atoms with E-state index < -0.39 is 0 Å². The normalized spacial score (nSPS) is 15.4. The summed E-state index contributed by atoms with van der Waals surface area (Å²) in [5, 5.41) is 13.1. The predicted octanol–water partition coefficient (Wildman–Crippen LogP) is 3.08. The standard InChI is InChI=1S/C21H21N3O5/c1-27-14-6-4-13(5-7-14)24-11-22-19-15(10-18(25)23-21(19)24)12-8-16(28-2)20(26)17(9-12)29-3/h4-9,11,15,26H,10H2,1-3H3,(H,23,25)/t15-/m1/s1. The molecule has 0 saturated heterocycles. The summed E-state index contributed by atoms with van der Waals surface area (Å²) in [7, 11) is 4.55. The van der Waals surface area contributed by atoms with Crippen molar-refractivity contribution in [1.82, 2.24) is 9.55 Å². The number of carbonyl (C=O) groups excluding carboxylic acids is 1. The minimum Gasteiger partial charge on any atom is -0.502 e. The second-order valence-electron chi connectivity index (χ2n) is 6.63. The number of nitrogens with zero attached hydrogens (tertiary/aromatic N) is 2. The summed E-state index contributed by atoms with van der Waals surface area (Å²) in [4.78, 5) is 17.1. The van der Waals surface area contributed by atoms with Gasteiger partial charge in [0, 0.05) is 18.0 Å². The quantitative estimate of drug-likeness (QED) is 0.689. The number of phenols is 1. The Kier molecular flexibility index (Phi) is 4.75. The number of methoxy groups -OCH3 is 3. The van der Waals surface area contributed by atoms with Crippen molar-refractivity contribution < 1.29 is 24.1 Å². The van der Waals surface area contributed by atoms with Gasteiger partial charge in [0.15, 0.2) is 11.5 Å². The molecular weight excluding hydrogens is 374 g/mol. The Bertz CT molecular complexity index is 1030. The molecule has 1 aliphatic rings. The van der Waals surface area contributed by atoms with Gasteiger partial charge < -0.3 is 24.6 Å². The summed E-state index contributed by atoms with van der Waals surface area (Å²) in [5.74, 6) is 1.41. The molecule has 0 bridgehead atoms. The van der Waals surface area contributed by atoms with Crippen LogP contribution in [0.3, 0.4) is 0 Å². The summed E-state index contributed by atoms with van der Waals surface area (Å²) in [6.07, 6.45) is 1.91. The van der Waals surface area contributed by atoms with Gasteiger partial charge in [0.25, 0.3) is 0 Å². The molecule has 8 heteroatoms. The highest BCUT2D eigenvalue weighted by molar-refractivity contribution is 5.94. The SMILES string of the molecule is COc1ccc(-n2cnc3c2NC(=O)C[C@@H]3c2cc(OC)c(O)c(OC)c2)cc1. The zero-order valence-corrected chi connectivity index (χ0v) is 16.3. The summed E-state index contributed by atoms with van der Waals surface area (Å²) < 4.78 is 17.6. The molecule has 3 aromatic rings. The number of phenolic OH excluding ortho intramolecular Hbond substituents is 1. The van der Waals surface area contributed by atoms with Crippen molar-refractivity contribution >= 4 is 11.7 Å². The molecule has 2 heterocycles. The third-order valence-electron chi connectivity index (χ3n) is 5.03. The number of hydrogen-bond donors (Lipinski definition) is 2. The van der Waals surface area contributed by atoms with Gasteiger partial charge in [0.1, 0.15) is 17.9 Å². The van der Waals surface area contributed by atoms with E-state index in [0.29, 0.717) is 5.82 Å². The first-order valence-corrected chi connectivity index (χ1v) is 9.02. The van der Waals surface area contributed by atoms with Crippen LogP contribution in [-0.2, 0) is 4.79 Å². The van der Waals surface area contributed by atoms with E-state index in [9.17, 15) is 9.90 Å². The molecule has 29 heavy (non-hydrogen) atoms. The molecule has 2 aromatic carbocycles. The minimum atomic E-state index is -0.304. The molecule has 1 aliphatic heterocycles. The highest BCUT2D eigenvalue weighted by Gasteiger charge is 2.32. The summed E-state index contributed by atoms with van der Waals surface area (Å²) in [6, 6.07) is 10.9. The predicted molar refractivity (Wildman–Crippen MR) is 106 cm³/mol. The Labute approximate surface area is 167 Å². The zero-order valence-electron chi connectivity index (χ0n) is 16.3. The molecule has 0 spiro atoms. The van der Waals surface area contributed by atoms with Gasteiger partial charge in [0.2, 0.25) is 11.7 Å². The van der Waals surface area contributed by atoms with Crippen molar-refractivity contribution in [3.05, 3.63) is 54.0 Å². The molecule has 4 rings (SSSR count). The molecule has 2 N–H and O–H groups in total. The molecule has 0 unspecified atom stereocenters. The molecule has 0 fully saturated rings. The van der Waals surface area contributed by atoms with E-state index in [4.69, 9.17) is 14.2 Å². The topological polar surface area (TPSA) is 94.8 Å². The van der Waals surface area contributed by atoms with Crippen LogP contribution in [0.25, 0.3) is 5.69 Å². The molecular formula is C21H21N3O5. The maximum Gasteiger partial charge on any atom is 0.226 e. The van der Waals surface area contributed by atoms with Crippen LogP contribution in [0.5, 0.6) is 23.0 Å². The Balaban J connectivity index is 1.80. The van der Waals surface area contributed by atoms with E-state index in [1.165, 1.54) is 14.2 Å². The van der Waals surface area contributed by atoms with Crippen molar-refractivity contribution in [3.8, 4) is 28.7 Å². The van der Waals surface area contributed by atoms with Crippen molar-refractivity contribution in [2.45, 2.75) is 12.3 Å². The fourth-order valence-corrected chi connectivity index (χ4v) is 3.54. The number of imidazole rings is 1. The number of amides is 1. The maximum atomic E-state index is 12.5. The van der Waals surface area contributed by atoms with Gasteiger partial charge >= 0.3 is 0 Å². The fraction of sp³-hybridized carbons (Fsp3) is 0.238. The number of anilines is 1. The van der Waals surface area contributed by atoms with Crippen molar-refractivity contribution in [2.24, 2.45) is 0 Å². The second kappa shape index (κ2) is 7.38. The number of carbonyl (C=O) groups is 1. The van der Waals surface area contributed by atoms with Gasteiger partial charge in [-0.25, -0.2) is 4.98 Å². The average molecular weight is 395 g/mol. The first-order chi connectivity index (χ1) is 14.0. The highest BCUT2D eigenvalue weighted by atomic mass is 16.5. The lowest BCUT2D eigenvalue weighted by Crippen LogP contribution is -2.25. The first-order valence-electron chi connectivity index (χ1n) is 9.02. The van der Waals surface area contributed by atoms with E-state index >= 15 is 0 Å². The number of benzene rings is 2. The Morgan fingerprint density at radius 3 is 2.31 bits per heavy atom. The number of aromatic nitrogens is 2. The lowest BCUT2D eigenvalue weighted by molar-refractivity contribution is -0.116. The second-order valence-corrected chi connectivity index (χ2v) is 6.63. The van der Waals surface area contributed by atoms with E-state index in [1.54, 1.807) is 25.6 Å². The van der Waals surface area contributed by atoms with E-state index in [1.807, 2.05) is 28.8 Å². The lowest BCUT2D eigenvalue weighted by Gasteiger charge is -2.24. The third-order valence-corrected chi connectivity index (χ3v) is 5.03. The lowest BCUT2D eigenvalue weighted by atomic mass is 9.89. The van der Waals surface area contributed by atoms with Crippen molar-refractivity contribution in [2.75, 3.05) is 26.6 Å². The van der Waals surface area contributed by atoms with Crippen LogP contribution >= 0.6 is 0 Å². The van der Waals surface area contributed by atoms with Crippen molar-refractivity contribution in [1.29, 1.82) is 0 Å².